The number of anilines is 1. The molecule has 0 aliphatic rings. The first kappa shape index (κ1) is 16.8. The van der Waals surface area contributed by atoms with Crippen molar-refractivity contribution in [2.24, 2.45) is 0 Å². The van der Waals surface area contributed by atoms with Gasteiger partial charge in [0.15, 0.2) is 5.82 Å². The van der Waals surface area contributed by atoms with Gasteiger partial charge in [-0.25, -0.2) is 14.4 Å². The molecule has 136 valence electrons. The van der Waals surface area contributed by atoms with Crippen LogP contribution in [-0.2, 0) is 0 Å². The summed E-state index contributed by atoms with van der Waals surface area (Å²) in [5.41, 5.74) is 10.4. The zero-order valence-corrected chi connectivity index (χ0v) is 15.9. The molecule has 5 heteroatoms. The first-order valence-corrected chi connectivity index (χ1v) is 9.79. The van der Waals surface area contributed by atoms with Crippen LogP contribution in [-0.4, -0.2) is 9.97 Å². The van der Waals surface area contributed by atoms with Crippen molar-refractivity contribution in [1.82, 2.24) is 9.97 Å². The second-order valence-corrected chi connectivity index (χ2v) is 7.64. The topological polar surface area (TPSA) is 51.8 Å². The fourth-order valence-corrected chi connectivity index (χ4v) is 4.56. The number of nitrogens with two attached hydrogens (primary N) is 1. The van der Waals surface area contributed by atoms with Crippen molar-refractivity contribution in [3.05, 3.63) is 77.6 Å². The van der Waals surface area contributed by atoms with E-state index in [1.165, 1.54) is 11.3 Å². The molecule has 28 heavy (non-hydrogen) atoms. The SMILES string of the molecule is Cc1cc(-c2ccccc2)nc2c(F)c(-c3csc4ccnc(N)c34)ccc12. The van der Waals surface area contributed by atoms with E-state index in [2.05, 4.69) is 9.97 Å². The van der Waals surface area contributed by atoms with Gasteiger partial charge in [-0.15, -0.1) is 11.3 Å². The molecular formula is C23H16FN3S. The predicted molar refractivity (Wildman–Crippen MR) is 115 cm³/mol. The highest BCUT2D eigenvalue weighted by molar-refractivity contribution is 7.17. The third-order valence-corrected chi connectivity index (χ3v) is 5.95. The van der Waals surface area contributed by atoms with Crippen LogP contribution in [0.3, 0.4) is 0 Å². The zero-order valence-electron chi connectivity index (χ0n) is 15.1. The molecule has 0 saturated heterocycles. The van der Waals surface area contributed by atoms with Crippen molar-refractivity contribution in [2.45, 2.75) is 6.92 Å². The highest BCUT2D eigenvalue weighted by atomic mass is 32.1. The van der Waals surface area contributed by atoms with Gasteiger partial charge in [0.25, 0.3) is 0 Å². The minimum Gasteiger partial charge on any atom is -0.383 e. The van der Waals surface area contributed by atoms with Crippen molar-refractivity contribution in [3.63, 3.8) is 0 Å². The van der Waals surface area contributed by atoms with Gasteiger partial charge in [-0.1, -0.05) is 42.5 Å². The monoisotopic (exact) mass is 385 g/mol. The number of nitrogen functional groups attached to an aromatic ring is 1. The van der Waals surface area contributed by atoms with Crippen molar-refractivity contribution in [2.75, 3.05) is 5.73 Å². The van der Waals surface area contributed by atoms with Gasteiger partial charge in [-0.2, -0.15) is 0 Å². The lowest BCUT2D eigenvalue weighted by molar-refractivity contribution is 0.640. The highest BCUT2D eigenvalue weighted by Crippen LogP contribution is 2.39. The van der Waals surface area contributed by atoms with E-state index in [1.807, 2.05) is 66.9 Å². The Morgan fingerprint density at radius 1 is 1.00 bits per heavy atom. The lowest BCUT2D eigenvalue weighted by Gasteiger charge is -2.11. The number of hydrogen-bond donors (Lipinski definition) is 1. The average molecular weight is 385 g/mol. The number of aromatic nitrogens is 2. The largest absolute Gasteiger partial charge is 0.383 e. The summed E-state index contributed by atoms with van der Waals surface area (Å²) in [5, 5.41) is 3.54. The Hall–Kier alpha value is -3.31. The summed E-state index contributed by atoms with van der Waals surface area (Å²) in [7, 11) is 0. The first-order valence-electron chi connectivity index (χ1n) is 8.91. The van der Waals surface area contributed by atoms with Gasteiger partial charge in [0.05, 0.1) is 5.69 Å². The molecule has 0 bridgehead atoms. The first-order chi connectivity index (χ1) is 13.6. The van der Waals surface area contributed by atoms with Crippen LogP contribution >= 0.6 is 11.3 Å². The molecule has 3 aromatic heterocycles. The lowest BCUT2D eigenvalue weighted by Crippen LogP contribution is -1.95. The highest BCUT2D eigenvalue weighted by Gasteiger charge is 2.18. The van der Waals surface area contributed by atoms with E-state index in [0.717, 1.165) is 37.9 Å². The third kappa shape index (κ3) is 2.55. The smallest absolute Gasteiger partial charge is 0.157 e. The molecule has 0 saturated carbocycles. The Kier molecular flexibility index (Phi) is 3.84. The molecule has 0 spiro atoms. The Morgan fingerprint density at radius 3 is 2.64 bits per heavy atom. The van der Waals surface area contributed by atoms with Crippen LogP contribution in [0.5, 0.6) is 0 Å². The van der Waals surface area contributed by atoms with Crippen LogP contribution in [0.4, 0.5) is 10.2 Å². The molecule has 5 rings (SSSR count). The second-order valence-electron chi connectivity index (χ2n) is 6.73. The molecule has 0 atom stereocenters. The number of pyridine rings is 2. The molecular weight excluding hydrogens is 369 g/mol. The van der Waals surface area contributed by atoms with Crippen LogP contribution in [0.1, 0.15) is 5.56 Å². The minimum absolute atomic E-state index is 0.332. The molecule has 0 radical (unpaired) electrons. The van der Waals surface area contributed by atoms with Crippen LogP contribution in [0.25, 0.3) is 43.4 Å². The summed E-state index contributed by atoms with van der Waals surface area (Å²) in [6, 6.07) is 17.5. The Morgan fingerprint density at radius 2 is 1.82 bits per heavy atom. The summed E-state index contributed by atoms with van der Waals surface area (Å²) in [6.45, 7) is 1.98. The van der Waals surface area contributed by atoms with Crippen molar-refractivity contribution < 1.29 is 4.39 Å². The third-order valence-electron chi connectivity index (χ3n) is 5.00. The fraction of sp³-hybridized carbons (Fsp3) is 0.0435. The molecule has 3 heterocycles. The summed E-state index contributed by atoms with van der Waals surface area (Å²) < 4.78 is 16.6. The molecule has 0 fully saturated rings. The maximum absolute atomic E-state index is 15.6. The van der Waals surface area contributed by atoms with Crippen molar-refractivity contribution in [3.8, 4) is 22.4 Å². The van der Waals surface area contributed by atoms with Gasteiger partial charge in [-0.3, -0.25) is 0 Å². The molecule has 3 nitrogen and oxygen atoms in total. The van der Waals surface area contributed by atoms with E-state index < -0.39 is 0 Å². The van der Waals surface area contributed by atoms with E-state index in [9.17, 15) is 0 Å². The van der Waals surface area contributed by atoms with Crippen molar-refractivity contribution in [1.29, 1.82) is 0 Å². The number of thiophene rings is 1. The number of nitrogens with zero attached hydrogens (tertiary/aromatic N) is 2. The van der Waals surface area contributed by atoms with Crippen LogP contribution < -0.4 is 5.73 Å². The Bertz CT molecular complexity index is 1340. The normalized spacial score (nSPS) is 11.4. The maximum Gasteiger partial charge on any atom is 0.157 e. The number of benzene rings is 2. The fourth-order valence-electron chi connectivity index (χ4n) is 3.60. The second kappa shape index (κ2) is 6.39. The average Bonchev–Trinajstić information content (AvgIpc) is 3.15. The molecule has 0 unspecified atom stereocenters. The molecule has 0 amide bonds. The van der Waals surface area contributed by atoms with E-state index in [-0.39, 0.29) is 5.82 Å². The van der Waals surface area contributed by atoms with Gasteiger partial charge in [0.1, 0.15) is 11.3 Å². The molecule has 0 aliphatic heterocycles. The zero-order chi connectivity index (χ0) is 19.3. The number of fused-ring (bicyclic) bond motifs is 2. The van der Waals surface area contributed by atoms with E-state index in [1.54, 1.807) is 6.20 Å². The summed E-state index contributed by atoms with van der Waals surface area (Å²) >= 11 is 1.53. The standard InChI is InChI=1S/C23H16FN3S/c1-13-11-18(14-5-3-2-4-6-14)27-22-15(13)7-8-16(21(22)24)17-12-28-19-9-10-26-23(25)20(17)19/h2-12H,1H3,(H2,25,26). The summed E-state index contributed by atoms with van der Waals surface area (Å²) in [6.07, 6.45) is 1.67. The van der Waals surface area contributed by atoms with E-state index in [0.29, 0.717) is 16.9 Å². The van der Waals surface area contributed by atoms with Gasteiger partial charge in [0.2, 0.25) is 0 Å². The van der Waals surface area contributed by atoms with Gasteiger partial charge in [0, 0.05) is 43.7 Å². The molecule has 2 aromatic carbocycles. The summed E-state index contributed by atoms with van der Waals surface area (Å²) in [4.78, 5) is 8.83. The quantitative estimate of drug-likeness (QED) is 0.393. The number of rotatable bonds is 2. The van der Waals surface area contributed by atoms with Crippen molar-refractivity contribution >= 4 is 38.1 Å². The van der Waals surface area contributed by atoms with Gasteiger partial charge < -0.3 is 5.73 Å². The van der Waals surface area contributed by atoms with E-state index >= 15 is 4.39 Å². The maximum atomic E-state index is 15.6. The van der Waals surface area contributed by atoms with Crippen LogP contribution in [0.15, 0.2) is 66.2 Å². The number of hydrogen-bond acceptors (Lipinski definition) is 4. The van der Waals surface area contributed by atoms with Crippen LogP contribution in [0.2, 0.25) is 0 Å². The number of halogens is 1. The Balaban J connectivity index is 1.79. The van der Waals surface area contributed by atoms with Gasteiger partial charge in [-0.05, 0) is 24.6 Å². The predicted octanol–water partition coefficient (Wildman–Crippen LogP) is 6.21. The molecule has 0 aliphatic carbocycles. The Labute approximate surface area is 165 Å². The molecule has 5 aromatic rings. The minimum atomic E-state index is -0.332. The molecule has 2 N–H and O–H groups in total. The summed E-state index contributed by atoms with van der Waals surface area (Å²) in [5.74, 6) is 0.0803. The number of aryl methyl sites for hydroxylation is 1. The van der Waals surface area contributed by atoms with E-state index in [4.69, 9.17) is 5.73 Å². The van der Waals surface area contributed by atoms with Gasteiger partial charge >= 0.3 is 0 Å². The lowest BCUT2D eigenvalue weighted by atomic mass is 9.99. The van der Waals surface area contributed by atoms with Crippen LogP contribution in [0, 0.1) is 12.7 Å².